The number of dihydropyridines is 1. The number of hydrogen-bond acceptors (Lipinski definition) is 7. The molecule has 0 radical (unpaired) electrons. The van der Waals surface area contributed by atoms with Gasteiger partial charge in [0.25, 0.3) is 0 Å². The number of ether oxygens (including phenoxy) is 2. The lowest BCUT2D eigenvalue weighted by atomic mass is 9.80. The van der Waals surface area contributed by atoms with Crippen molar-refractivity contribution in [3.05, 3.63) is 57.4 Å². The summed E-state index contributed by atoms with van der Waals surface area (Å²) < 4.78 is 10.9. The maximum atomic E-state index is 13.1. The van der Waals surface area contributed by atoms with Gasteiger partial charge in [-0.2, -0.15) is 11.8 Å². The van der Waals surface area contributed by atoms with Crippen molar-refractivity contribution in [3.63, 3.8) is 0 Å². The van der Waals surface area contributed by atoms with Crippen molar-refractivity contribution in [1.29, 1.82) is 0 Å². The van der Waals surface area contributed by atoms with Crippen LogP contribution in [-0.4, -0.2) is 49.1 Å². The lowest BCUT2D eigenvalue weighted by molar-refractivity contribution is -0.143. The third-order valence-electron chi connectivity index (χ3n) is 4.61. The molecule has 0 fully saturated rings. The van der Waals surface area contributed by atoms with Gasteiger partial charge in [0.2, 0.25) is 6.41 Å². The van der Waals surface area contributed by atoms with E-state index in [-0.39, 0.29) is 12.7 Å². The first kappa shape index (κ1) is 25.8. The lowest BCUT2D eigenvalue weighted by Crippen LogP contribution is -2.34. The molecule has 1 unspecified atom stereocenters. The second-order valence-corrected chi connectivity index (χ2v) is 8.88. The Bertz CT molecular complexity index is 913. The average molecular weight is 481 g/mol. The second kappa shape index (κ2) is 12.6. The van der Waals surface area contributed by atoms with Crippen molar-refractivity contribution < 1.29 is 23.9 Å². The fourth-order valence-electron chi connectivity index (χ4n) is 3.39. The molecule has 1 atom stereocenters. The van der Waals surface area contributed by atoms with Crippen LogP contribution < -0.4 is 10.6 Å². The molecule has 0 aliphatic carbocycles. The van der Waals surface area contributed by atoms with Gasteiger partial charge in [0.15, 0.2) is 0 Å². The smallest absolute Gasteiger partial charge is 0.337 e. The van der Waals surface area contributed by atoms with E-state index in [2.05, 4.69) is 10.6 Å². The van der Waals surface area contributed by atoms with Crippen LogP contribution in [0, 0.1) is 0 Å². The number of amides is 1. The normalized spacial score (nSPS) is 16.0. The lowest BCUT2D eigenvalue weighted by Gasteiger charge is -2.32. The van der Waals surface area contributed by atoms with Crippen LogP contribution in [0.15, 0.2) is 46.8 Å². The van der Waals surface area contributed by atoms with Crippen LogP contribution in [0.25, 0.3) is 0 Å². The Balaban J connectivity index is 2.56. The highest BCUT2D eigenvalue weighted by Gasteiger charge is 2.39. The number of benzene rings is 1. The van der Waals surface area contributed by atoms with Crippen molar-refractivity contribution in [2.24, 2.45) is 0 Å². The van der Waals surface area contributed by atoms with Gasteiger partial charge in [-0.05, 0) is 45.4 Å². The molecule has 7 nitrogen and oxygen atoms in total. The molecule has 0 saturated carbocycles. The van der Waals surface area contributed by atoms with Crippen LogP contribution in [0.2, 0.25) is 5.02 Å². The van der Waals surface area contributed by atoms with Crippen LogP contribution in [-0.2, 0) is 23.9 Å². The minimum atomic E-state index is -0.691. The molecule has 1 aromatic rings. The topological polar surface area (TPSA) is 93.7 Å². The van der Waals surface area contributed by atoms with Crippen LogP contribution >= 0.6 is 23.4 Å². The number of halogens is 1. The summed E-state index contributed by atoms with van der Waals surface area (Å²) in [4.78, 5) is 36.7. The zero-order valence-electron chi connectivity index (χ0n) is 18.7. The molecule has 32 heavy (non-hydrogen) atoms. The maximum absolute atomic E-state index is 13.1. The van der Waals surface area contributed by atoms with E-state index in [1.807, 2.05) is 6.07 Å². The molecule has 0 bridgehead atoms. The number of nitrogens with one attached hydrogen (secondary N) is 2. The molecule has 9 heteroatoms. The van der Waals surface area contributed by atoms with Crippen LogP contribution in [0.5, 0.6) is 0 Å². The summed E-state index contributed by atoms with van der Waals surface area (Å²) in [6.07, 6.45) is 0.331. The SMILES string of the molecule is CCOC(=O)C1=C(CSCCNC=O)NC(C)=C(C(=O)OC(C)C)C1c1cccc(Cl)c1. The maximum Gasteiger partial charge on any atom is 0.337 e. The summed E-state index contributed by atoms with van der Waals surface area (Å²) >= 11 is 7.80. The van der Waals surface area contributed by atoms with E-state index >= 15 is 0 Å². The van der Waals surface area contributed by atoms with E-state index in [9.17, 15) is 14.4 Å². The number of rotatable bonds is 11. The van der Waals surface area contributed by atoms with Crippen molar-refractivity contribution in [2.45, 2.75) is 39.7 Å². The van der Waals surface area contributed by atoms with E-state index in [1.54, 1.807) is 57.7 Å². The Labute approximate surface area is 197 Å². The summed E-state index contributed by atoms with van der Waals surface area (Å²) in [6.45, 7) is 7.77. The molecule has 1 aromatic carbocycles. The number of thioether (sulfide) groups is 1. The van der Waals surface area contributed by atoms with Crippen LogP contribution in [0.1, 0.15) is 39.2 Å². The molecular formula is C23H29ClN2O5S. The Morgan fingerprint density at radius 1 is 1.28 bits per heavy atom. The molecule has 0 saturated heterocycles. The highest BCUT2D eigenvalue weighted by atomic mass is 35.5. The molecule has 1 amide bonds. The zero-order valence-corrected chi connectivity index (χ0v) is 20.3. The molecule has 0 spiro atoms. The first-order chi connectivity index (χ1) is 15.3. The fourth-order valence-corrected chi connectivity index (χ4v) is 4.43. The Kier molecular flexibility index (Phi) is 10.1. The summed E-state index contributed by atoms with van der Waals surface area (Å²) in [6, 6.07) is 7.09. The minimum Gasteiger partial charge on any atom is -0.463 e. The van der Waals surface area contributed by atoms with E-state index in [0.717, 1.165) is 0 Å². The fraction of sp³-hybridized carbons (Fsp3) is 0.435. The third-order valence-corrected chi connectivity index (χ3v) is 5.83. The van der Waals surface area contributed by atoms with E-state index in [0.29, 0.717) is 57.6 Å². The van der Waals surface area contributed by atoms with Gasteiger partial charge in [-0.3, -0.25) is 4.79 Å². The number of hydrogen-bond donors (Lipinski definition) is 2. The van der Waals surface area contributed by atoms with Crippen molar-refractivity contribution in [1.82, 2.24) is 10.6 Å². The van der Waals surface area contributed by atoms with E-state index in [1.165, 1.54) is 0 Å². The quantitative estimate of drug-likeness (QED) is 0.284. The molecule has 1 heterocycles. The highest BCUT2D eigenvalue weighted by Crippen LogP contribution is 2.40. The predicted octanol–water partition coefficient (Wildman–Crippen LogP) is 3.55. The molecular weight excluding hydrogens is 452 g/mol. The molecule has 2 rings (SSSR count). The first-order valence-corrected chi connectivity index (χ1v) is 11.9. The van der Waals surface area contributed by atoms with Gasteiger partial charge >= 0.3 is 11.9 Å². The first-order valence-electron chi connectivity index (χ1n) is 10.4. The molecule has 2 N–H and O–H groups in total. The van der Waals surface area contributed by atoms with E-state index in [4.69, 9.17) is 21.1 Å². The average Bonchev–Trinajstić information content (AvgIpc) is 2.72. The van der Waals surface area contributed by atoms with Crippen molar-refractivity contribution in [3.8, 4) is 0 Å². The number of carbonyl (C=O) groups is 3. The molecule has 0 aromatic heterocycles. The Morgan fingerprint density at radius 2 is 2.03 bits per heavy atom. The number of allylic oxidation sites excluding steroid dienone is 1. The van der Waals surface area contributed by atoms with Crippen molar-refractivity contribution in [2.75, 3.05) is 24.7 Å². The van der Waals surface area contributed by atoms with Gasteiger partial charge in [0, 0.05) is 34.5 Å². The minimum absolute atomic E-state index is 0.197. The van der Waals surface area contributed by atoms with Gasteiger partial charge < -0.3 is 20.1 Å². The third kappa shape index (κ3) is 6.77. The van der Waals surface area contributed by atoms with Gasteiger partial charge in [-0.1, -0.05) is 23.7 Å². The highest BCUT2D eigenvalue weighted by molar-refractivity contribution is 7.99. The summed E-state index contributed by atoms with van der Waals surface area (Å²) in [5.74, 6) is -0.570. The van der Waals surface area contributed by atoms with E-state index < -0.39 is 17.9 Å². The molecule has 1 aliphatic rings. The summed E-state index contributed by atoms with van der Waals surface area (Å²) in [7, 11) is 0. The summed E-state index contributed by atoms with van der Waals surface area (Å²) in [5, 5.41) is 6.34. The largest absolute Gasteiger partial charge is 0.463 e. The second-order valence-electron chi connectivity index (χ2n) is 7.34. The predicted molar refractivity (Wildman–Crippen MR) is 126 cm³/mol. The monoisotopic (exact) mass is 480 g/mol. The zero-order chi connectivity index (χ0) is 23.7. The Hall–Kier alpha value is -2.45. The van der Waals surface area contributed by atoms with Gasteiger partial charge in [0.05, 0.1) is 29.8 Å². The molecule has 1 aliphatic heterocycles. The van der Waals surface area contributed by atoms with Gasteiger partial charge in [0.1, 0.15) is 0 Å². The van der Waals surface area contributed by atoms with Gasteiger partial charge in [-0.15, -0.1) is 0 Å². The Morgan fingerprint density at radius 3 is 2.66 bits per heavy atom. The summed E-state index contributed by atoms with van der Waals surface area (Å²) in [5.41, 5.74) is 2.66. The van der Waals surface area contributed by atoms with Gasteiger partial charge in [-0.25, -0.2) is 9.59 Å². The number of esters is 2. The van der Waals surface area contributed by atoms with Crippen molar-refractivity contribution >= 4 is 41.7 Å². The number of carbonyl (C=O) groups excluding carboxylic acids is 3. The van der Waals surface area contributed by atoms with Crippen LogP contribution in [0.4, 0.5) is 0 Å². The molecule has 174 valence electrons. The standard InChI is InChI=1S/C23H29ClN2O5S/c1-5-30-22(28)21-18(12-32-10-9-25-13-27)26-15(4)19(23(29)31-14(2)3)20(21)16-7-6-8-17(24)11-16/h6-8,11,13-14,20,26H,5,9-10,12H2,1-4H3,(H,25,27). The van der Waals surface area contributed by atoms with Crippen LogP contribution in [0.3, 0.4) is 0 Å².